The molecule has 1 aliphatic rings. The summed E-state index contributed by atoms with van der Waals surface area (Å²) < 4.78 is 0. The first-order chi connectivity index (χ1) is 6.18. The average Bonchev–Trinajstić information content (AvgIpc) is 2.52. The van der Waals surface area contributed by atoms with Gasteiger partial charge in [-0.05, 0) is 6.42 Å². The molecule has 3 nitrogen and oxygen atoms in total. The van der Waals surface area contributed by atoms with Crippen LogP contribution in [0, 0.1) is 0 Å². The second kappa shape index (κ2) is 6.89. The quantitative estimate of drug-likeness (QED) is 0.697. The number of amides is 1. The molecule has 0 spiro atoms. The van der Waals surface area contributed by atoms with Gasteiger partial charge in [-0.25, -0.2) is 0 Å². The van der Waals surface area contributed by atoms with Crippen molar-refractivity contribution >= 4 is 5.91 Å². The van der Waals surface area contributed by atoms with Gasteiger partial charge in [-0.1, -0.05) is 27.7 Å². The summed E-state index contributed by atoms with van der Waals surface area (Å²) in [6, 6.07) is 0.873. The van der Waals surface area contributed by atoms with Gasteiger partial charge in [-0.15, -0.1) is 0 Å². The van der Waals surface area contributed by atoms with E-state index in [4.69, 9.17) is 0 Å². The second-order valence-electron chi connectivity index (χ2n) is 3.37. The molecule has 0 aromatic heterocycles. The van der Waals surface area contributed by atoms with Gasteiger partial charge in [-0.3, -0.25) is 4.79 Å². The molecule has 1 aliphatic heterocycles. The van der Waals surface area contributed by atoms with Crippen molar-refractivity contribution in [3.63, 3.8) is 0 Å². The zero-order valence-electron chi connectivity index (χ0n) is 9.18. The van der Waals surface area contributed by atoms with E-state index in [1.54, 1.807) is 0 Å². The Bertz CT molecular complexity index is 146. The maximum Gasteiger partial charge on any atom is 0.220 e. The molecular weight excluding hydrogens is 164 g/mol. The molecule has 13 heavy (non-hydrogen) atoms. The summed E-state index contributed by atoms with van der Waals surface area (Å²) in [5.41, 5.74) is 0. The van der Waals surface area contributed by atoms with E-state index in [-0.39, 0.29) is 5.91 Å². The third kappa shape index (κ3) is 5.64. The van der Waals surface area contributed by atoms with Gasteiger partial charge in [0.2, 0.25) is 5.91 Å². The Kier molecular flexibility index (Phi) is 6.59. The Labute approximate surface area is 81.3 Å². The third-order valence-corrected chi connectivity index (χ3v) is 1.86. The van der Waals surface area contributed by atoms with Crippen molar-refractivity contribution in [2.45, 2.75) is 52.6 Å². The topological polar surface area (TPSA) is 41.1 Å². The SMILES string of the molecule is CC.CC(C)NCC1CCC(=O)N1. The van der Waals surface area contributed by atoms with Gasteiger partial charge in [0, 0.05) is 25.0 Å². The molecule has 1 unspecified atom stereocenters. The van der Waals surface area contributed by atoms with E-state index in [0.717, 1.165) is 13.0 Å². The average molecular weight is 186 g/mol. The number of hydrogen-bond donors (Lipinski definition) is 2. The number of carbonyl (C=O) groups excluding carboxylic acids is 1. The van der Waals surface area contributed by atoms with Crippen molar-refractivity contribution in [2.75, 3.05) is 6.54 Å². The van der Waals surface area contributed by atoms with Crippen LogP contribution in [0.3, 0.4) is 0 Å². The molecule has 3 heteroatoms. The molecule has 0 aliphatic carbocycles. The minimum Gasteiger partial charge on any atom is -0.352 e. The maximum atomic E-state index is 10.8. The Hall–Kier alpha value is -0.570. The van der Waals surface area contributed by atoms with Crippen LogP contribution in [0.15, 0.2) is 0 Å². The highest BCUT2D eigenvalue weighted by Gasteiger charge is 2.19. The first kappa shape index (κ1) is 12.4. The molecule has 0 aromatic rings. The van der Waals surface area contributed by atoms with E-state index in [1.165, 1.54) is 0 Å². The maximum absolute atomic E-state index is 10.8. The van der Waals surface area contributed by atoms with Crippen LogP contribution in [-0.4, -0.2) is 24.5 Å². The molecule has 0 bridgehead atoms. The molecule has 1 rings (SSSR count). The molecule has 0 aromatic carbocycles. The summed E-state index contributed by atoms with van der Waals surface area (Å²) in [6.07, 6.45) is 1.68. The third-order valence-electron chi connectivity index (χ3n) is 1.86. The molecule has 1 heterocycles. The monoisotopic (exact) mass is 186 g/mol. The lowest BCUT2D eigenvalue weighted by atomic mass is 10.2. The summed E-state index contributed by atoms with van der Waals surface area (Å²) in [5.74, 6) is 0.195. The largest absolute Gasteiger partial charge is 0.352 e. The van der Waals surface area contributed by atoms with Crippen LogP contribution in [-0.2, 0) is 4.79 Å². The van der Waals surface area contributed by atoms with E-state index in [0.29, 0.717) is 18.5 Å². The number of rotatable bonds is 3. The van der Waals surface area contributed by atoms with Crippen LogP contribution in [0.25, 0.3) is 0 Å². The fourth-order valence-electron chi connectivity index (χ4n) is 1.21. The molecule has 1 saturated heterocycles. The number of hydrogen-bond acceptors (Lipinski definition) is 2. The van der Waals surface area contributed by atoms with Crippen molar-refractivity contribution in [2.24, 2.45) is 0 Å². The highest BCUT2D eigenvalue weighted by molar-refractivity contribution is 5.78. The van der Waals surface area contributed by atoms with Crippen molar-refractivity contribution in [1.82, 2.24) is 10.6 Å². The highest BCUT2D eigenvalue weighted by Crippen LogP contribution is 2.04. The Morgan fingerprint density at radius 1 is 1.54 bits per heavy atom. The van der Waals surface area contributed by atoms with Crippen LogP contribution >= 0.6 is 0 Å². The lowest BCUT2D eigenvalue weighted by Crippen LogP contribution is -2.38. The van der Waals surface area contributed by atoms with Crippen molar-refractivity contribution in [3.05, 3.63) is 0 Å². The second-order valence-corrected chi connectivity index (χ2v) is 3.37. The van der Waals surface area contributed by atoms with Gasteiger partial charge in [0.1, 0.15) is 0 Å². The molecule has 1 atom stereocenters. The Morgan fingerprint density at radius 3 is 2.54 bits per heavy atom. The molecule has 1 amide bonds. The zero-order chi connectivity index (χ0) is 10.3. The minimum absolute atomic E-state index is 0.195. The minimum atomic E-state index is 0.195. The van der Waals surface area contributed by atoms with E-state index >= 15 is 0 Å². The number of carbonyl (C=O) groups is 1. The lowest BCUT2D eigenvalue weighted by Gasteiger charge is -2.13. The van der Waals surface area contributed by atoms with E-state index in [2.05, 4.69) is 24.5 Å². The molecule has 78 valence electrons. The molecule has 0 radical (unpaired) electrons. The van der Waals surface area contributed by atoms with Gasteiger partial charge in [0.05, 0.1) is 0 Å². The lowest BCUT2D eigenvalue weighted by molar-refractivity contribution is -0.119. The van der Waals surface area contributed by atoms with Crippen LogP contribution < -0.4 is 10.6 Å². The summed E-state index contributed by atoms with van der Waals surface area (Å²) in [6.45, 7) is 9.12. The van der Waals surface area contributed by atoms with E-state index < -0.39 is 0 Å². The van der Waals surface area contributed by atoms with Gasteiger partial charge >= 0.3 is 0 Å². The van der Waals surface area contributed by atoms with Crippen LogP contribution in [0.2, 0.25) is 0 Å². The van der Waals surface area contributed by atoms with E-state index in [9.17, 15) is 4.79 Å². The van der Waals surface area contributed by atoms with Crippen LogP contribution in [0.5, 0.6) is 0 Å². The fraction of sp³-hybridized carbons (Fsp3) is 0.900. The molecule has 1 fully saturated rings. The molecular formula is C10H22N2O. The van der Waals surface area contributed by atoms with Crippen molar-refractivity contribution in [3.8, 4) is 0 Å². The summed E-state index contributed by atoms with van der Waals surface area (Å²) in [7, 11) is 0. The van der Waals surface area contributed by atoms with Crippen molar-refractivity contribution < 1.29 is 4.79 Å². The number of nitrogens with one attached hydrogen (secondary N) is 2. The summed E-state index contributed by atoms with van der Waals surface area (Å²) in [5, 5.41) is 6.20. The summed E-state index contributed by atoms with van der Waals surface area (Å²) >= 11 is 0. The van der Waals surface area contributed by atoms with Crippen LogP contribution in [0.1, 0.15) is 40.5 Å². The first-order valence-electron chi connectivity index (χ1n) is 5.21. The van der Waals surface area contributed by atoms with Crippen molar-refractivity contribution in [1.29, 1.82) is 0 Å². The highest BCUT2D eigenvalue weighted by atomic mass is 16.1. The zero-order valence-corrected chi connectivity index (χ0v) is 9.18. The first-order valence-corrected chi connectivity index (χ1v) is 5.21. The molecule has 2 N–H and O–H groups in total. The molecule has 0 saturated carbocycles. The normalized spacial score (nSPS) is 21.0. The summed E-state index contributed by atoms with van der Waals surface area (Å²) in [4.78, 5) is 10.8. The Morgan fingerprint density at radius 2 is 2.15 bits per heavy atom. The van der Waals surface area contributed by atoms with Gasteiger partial charge in [-0.2, -0.15) is 0 Å². The predicted octanol–water partition coefficient (Wildman–Crippen LogP) is 1.29. The Balaban J connectivity index is 0.000000671. The standard InChI is InChI=1S/C8H16N2O.C2H6/c1-6(2)9-5-7-3-4-8(11)10-7;1-2/h6-7,9H,3-5H2,1-2H3,(H,10,11);1-2H3. The van der Waals surface area contributed by atoms with Crippen LogP contribution in [0.4, 0.5) is 0 Å². The fourth-order valence-corrected chi connectivity index (χ4v) is 1.21. The predicted molar refractivity (Wildman–Crippen MR) is 55.7 cm³/mol. The van der Waals surface area contributed by atoms with E-state index in [1.807, 2.05) is 13.8 Å². The van der Waals surface area contributed by atoms with Gasteiger partial charge in [0.25, 0.3) is 0 Å². The van der Waals surface area contributed by atoms with Gasteiger partial charge < -0.3 is 10.6 Å². The van der Waals surface area contributed by atoms with Gasteiger partial charge in [0.15, 0.2) is 0 Å². The smallest absolute Gasteiger partial charge is 0.220 e.